The van der Waals surface area contributed by atoms with Crippen LogP contribution in [-0.4, -0.2) is 47.7 Å². The molecule has 5 nitrogen and oxygen atoms in total. The molecule has 0 bridgehead atoms. The third-order valence-electron chi connectivity index (χ3n) is 5.26. The number of ether oxygens (including phenoxy) is 1. The number of piperidine rings is 1. The van der Waals surface area contributed by atoms with Gasteiger partial charge in [0.2, 0.25) is 5.91 Å². The highest BCUT2D eigenvalue weighted by Gasteiger charge is 2.35. The average molecular weight is 349 g/mol. The number of benzene rings is 1. The summed E-state index contributed by atoms with van der Waals surface area (Å²) in [7, 11) is 0. The maximum Gasteiger partial charge on any atom is 0.303 e. The number of carboxylic acid groups (broad SMARTS) is 1. The van der Waals surface area contributed by atoms with Gasteiger partial charge in [0.25, 0.3) is 0 Å². The van der Waals surface area contributed by atoms with Gasteiger partial charge in [0.15, 0.2) is 0 Å². The average Bonchev–Trinajstić information content (AvgIpc) is 3.09. The smallest absolute Gasteiger partial charge is 0.303 e. The molecule has 1 amide bonds. The molecule has 2 atom stereocenters. The summed E-state index contributed by atoms with van der Waals surface area (Å²) >= 11 is 0. The molecule has 2 aliphatic heterocycles. The van der Waals surface area contributed by atoms with E-state index in [1.54, 1.807) is 6.07 Å². The van der Waals surface area contributed by atoms with Crippen molar-refractivity contribution in [1.82, 2.24) is 4.90 Å². The highest BCUT2D eigenvalue weighted by Crippen LogP contribution is 2.32. The molecule has 1 aromatic carbocycles. The van der Waals surface area contributed by atoms with Gasteiger partial charge in [-0.3, -0.25) is 9.59 Å². The van der Waals surface area contributed by atoms with Crippen molar-refractivity contribution < 1.29 is 23.8 Å². The molecule has 2 unspecified atom stereocenters. The second-order valence-corrected chi connectivity index (χ2v) is 6.94. The molecule has 2 aliphatic rings. The molecule has 6 heteroatoms. The van der Waals surface area contributed by atoms with Crippen LogP contribution in [0, 0.1) is 11.7 Å². The molecule has 1 N–H and O–H groups in total. The van der Waals surface area contributed by atoms with Gasteiger partial charge in [-0.15, -0.1) is 0 Å². The van der Waals surface area contributed by atoms with E-state index in [9.17, 15) is 14.0 Å². The molecular formula is C19H24FNO4. The molecule has 25 heavy (non-hydrogen) atoms. The van der Waals surface area contributed by atoms with Crippen molar-refractivity contribution in [3.63, 3.8) is 0 Å². The van der Waals surface area contributed by atoms with Crippen LogP contribution >= 0.6 is 0 Å². The third-order valence-corrected chi connectivity index (χ3v) is 5.26. The maximum absolute atomic E-state index is 13.9. The summed E-state index contributed by atoms with van der Waals surface area (Å²) < 4.78 is 19.5. The molecule has 136 valence electrons. The number of amides is 1. The van der Waals surface area contributed by atoms with Gasteiger partial charge < -0.3 is 14.7 Å². The van der Waals surface area contributed by atoms with Gasteiger partial charge in [-0.05, 0) is 43.2 Å². The zero-order valence-electron chi connectivity index (χ0n) is 14.2. The van der Waals surface area contributed by atoms with E-state index in [-0.39, 0.29) is 36.1 Å². The van der Waals surface area contributed by atoms with Crippen molar-refractivity contribution >= 4 is 11.9 Å². The quantitative estimate of drug-likeness (QED) is 0.888. The number of carboxylic acids is 1. The minimum atomic E-state index is -0.839. The number of likely N-dealkylation sites (tertiary alicyclic amines) is 1. The Morgan fingerprint density at radius 3 is 2.64 bits per heavy atom. The van der Waals surface area contributed by atoms with E-state index >= 15 is 0 Å². The number of halogens is 1. The Morgan fingerprint density at radius 2 is 1.96 bits per heavy atom. The minimum absolute atomic E-state index is 0.0691. The standard InChI is InChI=1S/C19H24FNO4/c20-17-4-2-1-3-16(17)13-7-9-21(10-8-13)19(24)14-11-15(25-12-14)5-6-18(22)23/h1-4,13-15H,5-12H2,(H,22,23). The lowest BCUT2D eigenvalue weighted by Crippen LogP contribution is -2.41. The number of rotatable bonds is 5. The lowest BCUT2D eigenvalue weighted by Gasteiger charge is -2.33. The van der Waals surface area contributed by atoms with E-state index in [2.05, 4.69) is 0 Å². The lowest BCUT2D eigenvalue weighted by molar-refractivity contribution is -0.138. The molecule has 2 saturated heterocycles. The number of carbonyl (C=O) groups is 2. The zero-order valence-corrected chi connectivity index (χ0v) is 14.2. The molecular weight excluding hydrogens is 325 g/mol. The molecule has 0 radical (unpaired) electrons. The summed E-state index contributed by atoms with van der Waals surface area (Å²) in [6.07, 6.45) is 2.51. The Kier molecular flexibility index (Phi) is 5.68. The number of hydrogen-bond acceptors (Lipinski definition) is 3. The van der Waals surface area contributed by atoms with Gasteiger partial charge in [0.05, 0.1) is 18.6 Å². The van der Waals surface area contributed by atoms with Crippen LogP contribution < -0.4 is 0 Å². The highest BCUT2D eigenvalue weighted by atomic mass is 19.1. The van der Waals surface area contributed by atoms with Gasteiger partial charge in [-0.2, -0.15) is 0 Å². The largest absolute Gasteiger partial charge is 0.481 e. The molecule has 0 aliphatic carbocycles. The first-order valence-corrected chi connectivity index (χ1v) is 8.91. The summed E-state index contributed by atoms with van der Waals surface area (Å²) in [5.74, 6) is -0.937. The maximum atomic E-state index is 13.9. The Hall–Kier alpha value is -1.95. The first-order chi connectivity index (χ1) is 12.0. The molecule has 1 aromatic rings. The molecule has 2 fully saturated rings. The Balaban J connectivity index is 1.49. The Bertz CT molecular complexity index is 628. The van der Waals surface area contributed by atoms with Crippen molar-refractivity contribution in [3.8, 4) is 0 Å². The third kappa shape index (κ3) is 4.37. The van der Waals surface area contributed by atoms with Crippen molar-refractivity contribution in [2.75, 3.05) is 19.7 Å². The first kappa shape index (κ1) is 17.9. The summed E-state index contributed by atoms with van der Waals surface area (Å²) in [5.41, 5.74) is 0.743. The van der Waals surface area contributed by atoms with Gasteiger partial charge in [0.1, 0.15) is 5.82 Å². The van der Waals surface area contributed by atoms with E-state index in [1.165, 1.54) is 6.07 Å². The van der Waals surface area contributed by atoms with E-state index in [4.69, 9.17) is 9.84 Å². The molecule has 0 spiro atoms. The molecule has 3 rings (SSSR count). The summed E-state index contributed by atoms with van der Waals surface area (Å²) in [5, 5.41) is 8.73. The van der Waals surface area contributed by atoms with Crippen molar-refractivity contribution in [1.29, 1.82) is 0 Å². The number of carbonyl (C=O) groups excluding carboxylic acids is 1. The predicted octanol–water partition coefficient (Wildman–Crippen LogP) is 2.80. The van der Waals surface area contributed by atoms with Crippen molar-refractivity contribution in [3.05, 3.63) is 35.6 Å². The van der Waals surface area contributed by atoms with Crippen LogP contribution in [0.25, 0.3) is 0 Å². The van der Waals surface area contributed by atoms with Crippen LogP contribution in [-0.2, 0) is 14.3 Å². The van der Waals surface area contributed by atoms with Gasteiger partial charge in [-0.1, -0.05) is 18.2 Å². The van der Waals surface area contributed by atoms with E-state index in [0.717, 1.165) is 18.4 Å². The summed E-state index contributed by atoms with van der Waals surface area (Å²) in [4.78, 5) is 25.1. The fraction of sp³-hybridized carbons (Fsp3) is 0.579. The normalized spacial score (nSPS) is 24.4. The van der Waals surface area contributed by atoms with Crippen LogP contribution in [0.15, 0.2) is 24.3 Å². The minimum Gasteiger partial charge on any atom is -0.481 e. The first-order valence-electron chi connectivity index (χ1n) is 8.91. The van der Waals surface area contributed by atoms with E-state index < -0.39 is 5.97 Å². The van der Waals surface area contributed by atoms with Crippen LogP contribution in [0.3, 0.4) is 0 Å². The van der Waals surface area contributed by atoms with Crippen LogP contribution in [0.4, 0.5) is 4.39 Å². The fourth-order valence-corrected chi connectivity index (χ4v) is 3.84. The van der Waals surface area contributed by atoms with Gasteiger partial charge >= 0.3 is 5.97 Å². The topological polar surface area (TPSA) is 66.8 Å². The monoisotopic (exact) mass is 349 g/mol. The van der Waals surface area contributed by atoms with Crippen LogP contribution in [0.2, 0.25) is 0 Å². The van der Waals surface area contributed by atoms with E-state index in [0.29, 0.717) is 32.5 Å². The SMILES string of the molecule is O=C(O)CCC1CC(C(=O)N2CCC(c3ccccc3F)CC2)CO1. The fourth-order valence-electron chi connectivity index (χ4n) is 3.84. The zero-order chi connectivity index (χ0) is 17.8. The summed E-state index contributed by atoms with van der Waals surface area (Å²) in [6, 6.07) is 6.86. The van der Waals surface area contributed by atoms with Crippen LogP contribution in [0.5, 0.6) is 0 Å². The number of hydrogen-bond donors (Lipinski definition) is 1. The number of aliphatic carboxylic acids is 1. The van der Waals surface area contributed by atoms with Crippen molar-refractivity contribution in [2.45, 2.75) is 44.1 Å². The van der Waals surface area contributed by atoms with Gasteiger partial charge in [-0.25, -0.2) is 4.39 Å². The Morgan fingerprint density at radius 1 is 1.24 bits per heavy atom. The molecule has 2 heterocycles. The lowest BCUT2D eigenvalue weighted by atomic mass is 9.88. The van der Waals surface area contributed by atoms with E-state index in [1.807, 2.05) is 17.0 Å². The van der Waals surface area contributed by atoms with Gasteiger partial charge in [0, 0.05) is 19.5 Å². The Labute approximate surface area is 146 Å². The predicted molar refractivity (Wildman–Crippen MR) is 89.7 cm³/mol. The second kappa shape index (κ2) is 7.95. The number of nitrogens with zero attached hydrogens (tertiary/aromatic N) is 1. The van der Waals surface area contributed by atoms with Crippen LogP contribution in [0.1, 0.15) is 43.6 Å². The molecule has 0 aromatic heterocycles. The summed E-state index contributed by atoms with van der Waals surface area (Å²) in [6.45, 7) is 1.64. The molecule has 0 saturated carbocycles. The van der Waals surface area contributed by atoms with Crippen molar-refractivity contribution in [2.24, 2.45) is 5.92 Å². The highest BCUT2D eigenvalue weighted by molar-refractivity contribution is 5.79. The second-order valence-electron chi connectivity index (χ2n) is 6.94.